The first kappa shape index (κ1) is 12.6. The molecular weight excluding hydrogens is 208 g/mol. The van der Waals surface area contributed by atoms with Crippen LogP contribution in [-0.4, -0.2) is 6.04 Å². The number of nitrogens with one attached hydrogen (secondary N) is 1. The number of hydrogen-bond acceptors (Lipinski definition) is 2. The van der Waals surface area contributed by atoms with E-state index in [4.69, 9.17) is 5.84 Å². The molecule has 0 aromatic heterocycles. The average molecular weight is 232 g/mol. The minimum Gasteiger partial charge on any atom is -0.271 e. The van der Waals surface area contributed by atoms with Crippen molar-refractivity contribution in [2.24, 2.45) is 11.8 Å². The van der Waals surface area contributed by atoms with Gasteiger partial charge in [0, 0.05) is 6.04 Å². The van der Waals surface area contributed by atoms with Crippen molar-refractivity contribution in [3.05, 3.63) is 35.9 Å². The molecule has 0 saturated heterocycles. The zero-order valence-corrected chi connectivity index (χ0v) is 10.6. The topological polar surface area (TPSA) is 38.0 Å². The molecule has 0 amide bonds. The number of hydrazine groups is 1. The maximum atomic E-state index is 5.66. The minimum atomic E-state index is 0.429. The van der Waals surface area contributed by atoms with Gasteiger partial charge < -0.3 is 0 Å². The first-order chi connectivity index (χ1) is 8.38. The van der Waals surface area contributed by atoms with E-state index in [-0.39, 0.29) is 0 Å². The summed E-state index contributed by atoms with van der Waals surface area (Å²) in [6.07, 6.45) is 9.32. The van der Waals surface area contributed by atoms with Crippen LogP contribution in [0.2, 0.25) is 0 Å². The van der Waals surface area contributed by atoms with Crippen LogP contribution in [0.25, 0.3) is 0 Å². The summed E-state index contributed by atoms with van der Waals surface area (Å²) >= 11 is 0. The molecule has 1 unspecified atom stereocenters. The largest absolute Gasteiger partial charge is 0.271 e. The molecule has 1 aliphatic carbocycles. The molecule has 17 heavy (non-hydrogen) atoms. The van der Waals surface area contributed by atoms with Crippen LogP contribution in [0.1, 0.15) is 44.1 Å². The van der Waals surface area contributed by atoms with Crippen LogP contribution >= 0.6 is 0 Å². The smallest absolute Gasteiger partial charge is 0.0251 e. The quantitative estimate of drug-likeness (QED) is 0.584. The van der Waals surface area contributed by atoms with Crippen molar-refractivity contribution in [3.63, 3.8) is 0 Å². The van der Waals surface area contributed by atoms with E-state index in [0.29, 0.717) is 6.04 Å². The van der Waals surface area contributed by atoms with Gasteiger partial charge in [0.05, 0.1) is 0 Å². The summed E-state index contributed by atoms with van der Waals surface area (Å²) in [6, 6.07) is 11.0. The lowest BCUT2D eigenvalue weighted by molar-refractivity contribution is 0.407. The third kappa shape index (κ3) is 4.14. The van der Waals surface area contributed by atoms with Gasteiger partial charge in [-0.1, -0.05) is 56.0 Å². The highest BCUT2D eigenvalue weighted by Gasteiger charge is 2.17. The lowest BCUT2D eigenvalue weighted by Gasteiger charge is -2.18. The Morgan fingerprint density at radius 2 is 1.88 bits per heavy atom. The van der Waals surface area contributed by atoms with Crippen molar-refractivity contribution < 1.29 is 0 Å². The average Bonchev–Trinajstić information content (AvgIpc) is 2.89. The van der Waals surface area contributed by atoms with Crippen molar-refractivity contribution in [1.29, 1.82) is 0 Å². The van der Waals surface area contributed by atoms with Crippen LogP contribution in [0.5, 0.6) is 0 Å². The zero-order valence-electron chi connectivity index (χ0n) is 10.6. The Morgan fingerprint density at radius 3 is 2.53 bits per heavy atom. The van der Waals surface area contributed by atoms with Gasteiger partial charge in [-0.3, -0.25) is 11.3 Å². The zero-order chi connectivity index (χ0) is 11.9. The summed E-state index contributed by atoms with van der Waals surface area (Å²) < 4.78 is 0. The molecule has 1 atom stereocenters. The highest BCUT2D eigenvalue weighted by Crippen LogP contribution is 2.29. The molecule has 1 aliphatic rings. The normalized spacial score (nSPS) is 18.4. The van der Waals surface area contributed by atoms with Gasteiger partial charge in [-0.25, -0.2) is 0 Å². The van der Waals surface area contributed by atoms with E-state index >= 15 is 0 Å². The molecule has 2 nitrogen and oxygen atoms in total. The minimum absolute atomic E-state index is 0.429. The van der Waals surface area contributed by atoms with Crippen molar-refractivity contribution >= 4 is 0 Å². The summed E-state index contributed by atoms with van der Waals surface area (Å²) in [4.78, 5) is 0. The SMILES string of the molecule is NNC(CCC1CCCC1)Cc1ccccc1. The third-order valence-electron chi connectivity index (χ3n) is 3.96. The Kier molecular flexibility index (Phi) is 5.02. The van der Waals surface area contributed by atoms with Crippen molar-refractivity contribution in [2.75, 3.05) is 0 Å². The Bertz CT molecular complexity index is 304. The monoisotopic (exact) mass is 232 g/mol. The van der Waals surface area contributed by atoms with Gasteiger partial charge in [-0.2, -0.15) is 0 Å². The van der Waals surface area contributed by atoms with Crippen molar-refractivity contribution in [2.45, 2.75) is 51.0 Å². The molecular formula is C15H24N2. The van der Waals surface area contributed by atoms with E-state index in [1.54, 1.807) is 0 Å². The lowest BCUT2D eigenvalue weighted by atomic mass is 9.95. The van der Waals surface area contributed by atoms with E-state index in [1.807, 2.05) is 0 Å². The molecule has 2 rings (SSSR count). The second kappa shape index (κ2) is 6.77. The summed E-state index contributed by atoms with van der Waals surface area (Å²) in [5.41, 5.74) is 4.35. The Morgan fingerprint density at radius 1 is 1.18 bits per heavy atom. The molecule has 1 aromatic rings. The fourth-order valence-corrected chi connectivity index (χ4v) is 2.88. The fourth-order valence-electron chi connectivity index (χ4n) is 2.88. The maximum absolute atomic E-state index is 5.66. The Balaban J connectivity index is 1.76. The van der Waals surface area contributed by atoms with Crippen molar-refractivity contribution in [1.82, 2.24) is 5.43 Å². The van der Waals surface area contributed by atoms with E-state index in [2.05, 4.69) is 35.8 Å². The molecule has 1 saturated carbocycles. The summed E-state index contributed by atoms with van der Waals surface area (Å²) in [6.45, 7) is 0. The molecule has 3 N–H and O–H groups in total. The number of benzene rings is 1. The van der Waals surface area contributed by atoms with Gasteiger partial charge in [0.2, 0.25) is 0 Å². The van der Waals surface area contributed by atoms with Gasteiger partial charge in [-0.05, 0) is 30.7 Å². The van der Waals surface area contributed by atoms with Crippen LogP contribution in [0, 0.1) is 5.92 Å². The molecule has 1 aromatic carbocycles. The third-order valence-corrected chi connectivity index (χ3v) is 3.96. The first-order valence-corrected chi connectivity index (χ1v) is 6.88. The van der Waals surface area contributed by atoms with Gasteiger partial charge in [0.25, 0.3) is 0 Å². The second-order valence-corrected chi connectivity index (χ2v) is 5.28. The Labute approximate surface area is 105 Å². The van der Waals surface area contributed by atoms with E-state index in [9.17, 15) is 0 Å². The molecule has 94 valence electrons. The molecule has 1 fully saturated rings. The van der Waals surface area contributed by atoms with Crippen LogP contribution in [0.4, 0.5) is 0 Å². The number of hydrogen-bond donors (Lipinski definition) is 2. The highest BCUT2D eigenvalue weighted by atomic mass is 15.2. The van der Waals surface area contributed by atoms with Crippen molar-refractivity contribution in [3.8, 4) is 0 Å². The summed E-state index contributed by atoms with van der Waals surface area (Å²) in [5, 5.41) is 0. The Hall–Kier alpha value is -0.860. The molecule has 0 bridgehead atoms. The number of nitrogens with two attached hydrogens (primary N) is 1. The first-order valence-electron chi connectivity index (χ1n) is 6.88. The predicted octanol–water partition coefficient (Wildman–Crippen LogP) is 3.03. The van der Waals surface area contributed by atoms with Gasteiger partial charge in [0.1, 0.15) is 0 Å². The van der Waals surface area contributed by atoms with Crippen LogP contribution in [-0.2, 0) is 6.42 Å². The van der Waals surface area contributed by atoms with E-state index in [1.165, 1.54) is 44.1 Å². The second-order valence-electron chi connectivity index (χ2n) is 5.28. The molecule has 0 spiro atoms. The van der Waals surface area contributed by atoms with E-state index in [0.717, 1.165) is 12.3 Å². The van der Waals surface area contributed by atoms with Crippen LogP contribution < -0.4 is 11.3 Å². The van der Waals surface area contributed by atoms with Gasteiger partial charge >= 0.3 is 0 Å². The standard InChI is InChI=1S/C15H24N2/c16-17-15(11-10-13-6-4-5-7-13)12-14-8-2-1-3-9-14/h1-3,8-9,13,15,17H,4-7,10-12,16H2. The summed E-state index contributed by atoms with van der Waals surface area (Å²) in [5.74, 6) is 6.62. The van der Waals surface area contributed by atoms with Gasteiger partial charge in [-0.15, -0.1) is 0 Å². The van der Waals surface area contributed by atoms with Crippen LogP contribution in [0.3, 0.4) is 0 Å². The molecule has 0 radical (unpaired) electrons. The lowest BCUT2D eigenvalue weighted by Crippen LogP contribution is -2.37. The highest BCUT2D eigenvalue weighted by molar-refractivity contribution is 5.15. The van der Waals surface area contributed by atoms with Gasteiger partial charge in [0.15, 0.2) is 0 Å². The fraction of sp³-hybridized carbons (Fsp3) is 0.600. The predicted molar refractivity (Wildman–Crippen MR) is 72.4 cm³/mol. The molecule has 0 heterocycles. The maximum Gasteiger partial charge on any atom is 0.0251 e. The van der Waals surface area contributed by atoms with E-state index < -0.39 is 0 Å². The summed E-state index contributed by atoms with van der Waals surface area (Å²) in [7, 11) is 0. The number of rotatable bonds is 6. The molecule has 2 heteroatoms. The van der Waals surface area contributed by atoms with Crippen LogP contribution in [0.15, 0.2) is 30.3 Å². The molecule has 0 aliphatic heterocycles.